The summed E-state index contributed by atoms with van der Waals surface area (Å²) in [5.74, 6) is 1.53. The SMILES string of the molecule is C\C=C/N=C(\C=C(/C)CC)NC(C)=N/C=C(\CCC)CCc1cc(NC(=C2CC2)c2cccc(C(F)(F)F)c2)ccc1C. The van der Waals surface area contributed by atoms with E-state index in [0.29, 0.717) is 5.56 Å². The third-order valence-electron chi connectivity index (χ3n) is 7.29. The van der Waals surface area contributed by atoms with Gasteiger partial charge in [0.2, 0.25) is 0 Å². The van der Waals surface area contributed by atoms with Crippen LogP contribution in [-0.2, 0) is 12.6 Å². The lowest BCUT2D eigenvalue weighted by Crippen LogP contribution is -2.26. The first-order chi connectivity index (χ1) is 20.5. The Hall–Kier alpha value is -3.87. The van der Waals surface area contributed by atoms with Crippen molar-refractivity contribution < 1.29 is 13.2 Å². The first kappa shape index (κ1) is 33.6. The number of anilines is 1. The van der Waals surface area contributed by atoms with Gasteiger partial charge in [0.05, 0.1) is 5.56 Å². The Balaban J connectivity index is 1.76. The van der Waals surface area contributed by atoms with Gasteiger partial charge in [-0.25, -0.2) is 9.98 Å². The van der Waals surface area contributed by atoms with Crippen LogP contribution in [0.3, 0.4) is 0 Å². The quantitative estimate of drug-likeness (QED) is 0.191. The standard InChI is InChI=1S/C36H45F3N4/c1-7-11-28(24-41-27(6)42-34(40-20-8-2)21-25(4)9-3)15-16-30-23-33(19-14-26(30)5)43-35(29-17-18-29)31-12-10-13-32(22-31)36(37,38)39/h8,10,12-14,19-24,43H,7,9,11,15-18H2,1-6H3,(H,40,41,42)/b20-8-,25-21+,28-24+. The first-order valence-corrected chi connectivity index (χ1v) is 15.2. The number of halogens is 3. The third kappa shape index (κ3) is 11.0. The van der Waals surface area contributed by atoms with Crippen LogP contribution < -0.4 is 10.6 Å². The summed E-state index contributed by atoms with van der Waals surface area (Å²) in [6.07, 6.45) is 9.72. The van der Waals surface area contributed by atoms with E-state index in [4.69, 9.17) is 4.99 Å². The van der Waals surface area contributed by atoms with Gasteiger partial charge in [-0.15, -0.1) is 0 Å². The number of nitrogens with zero attached hydrogens (tertiary/aromatic N) is 2. The Morgan fingerprint density at radius 1 is 1.00 bits per heavy atom. The topological polar surface area (TPSA) is 48.8 Å². The Labute approximate surface area is 255 Å². The van der Waals surface area contributed by atoms with Crippen molar-refractivity contribution in [1.29, 1.82) is 0 Å². The van der Waals surface area contributed by atoms with Crippen molar-refractivity contribution in [3.8, 4) is 0 Å². The number of rotatable bonds is 12. The number of allylic oxidation sites excluding steroid dienone is 4. The molecule has 0 atom stereocenters. The molecule has 4 nitrogen and oxygen atoms in total. The minimum Gasteiger partial charge on any atom is -0.355 e. The minimum atomic E-state index is -4.37. The summed E-state index contributed by atoms with van der Waals surface area (Å²) in [6.45, 7) is 12.3. The van der Waals surface area contributed by atoms with E-state index in [1.165, 1.54) is 34.4 Å². The average molecular weight is 591 g/mol. The van der Waals surface area contributed by atoms with E-state index >= 15 is 0 Å². The van der Waals surface area contributed by atoms with E-state index in [2.05, 4.69) is 55.5 Å². The molecule has 0 radical (unpaired) electrons. The minimum absolute atomic E-state index is 0.568. The summed E-state index contributed by atoms with van der Waals surface area (Å²) in [5, 5.41) is 6.77. The molecule has 0 aliphatic heterocycles. The molecule has 0 bridgehead atoms. The molecule has 0 aromatic heterocycles. The van der Waals surface area contributed by atoms with Crippen LogP contribution >= 0.6 is 0 Å². The molecule has 1 fully saturated rings. The third-order valence-corrected chi connectivity index (χ3v) is 7.29. The van der Waals surface area contributed by atoms with Crippen LogP contribution in [0.25, 0.3) is 5.70 Å². The highest BCUT2D eigenvalue weighted by Crippen LogP contribution is 2.39. The molecular weight excluding hydrogens is 545 g/mol. The molecule has 1 saturated carbocycles. The fourth-order valence-corrected chi connectivity index (χ4v) is 4.56. The van der Waals surface area contributed by atoms with Crippen LogP contribution in [0.1, 0.15) is 95.4 Å². The van der Waals surface area contributed by atoms with Crippen LogP contribution in [0, 0.1) is 6.92 Å². The number of alkyl halides is 3. The molecule has 7 heteroatoms. The Morgan fingerprint density at radius 2 is 1.77 bits per heavy atom. The van der Waals surface area contributed by atoms with Gasteiger partial charge < -0.3 is 10.6 Å². The summed E-state index contributed by atoms with van der Waals surface area (Å²) >= 11 is 0. The van der Waals surface area contributed by atoms with E-state index < -0.39 is 11.7 Å². The molecule has 1 aliphatic rings. The molecule has 43 heavy (non-hydrogen) atoms. The number of aryl methyl sites for hydroxylation is 2. The van der Waals surface area contributed by atoms with Crippen molar-refractivity contribution in [2.24, 2.45) is 9.98 Å². The van der Waals surface area contributed by atoms with Crippen LogP contribution in [-0.4, -0.2) is 11.7 Å². The van der Waals surface area contributed by atoms with E-state index in [1.807, 2.05) is 38.3 Å². The summed E-state index contributed by atoms with van der Waals surface area (Å²) in [5.41, 5.74) is 7.63. The zero-order valence-corrected chi connectivity index (χ0v) is 26.3. The van der Waals surface area contributed by atoms with Crippen LogP contribution in [0.5, 0.6) is 0 Å². The predicted octanol–water partition coefficient (Wildman–Crippen LogP) is 10.5. The molecule has 230 valence electrons. The maximum absolute atomic E-state index is 13.4. The maximum atomic E-state index is 13.4. The van der Waals surface area contributed by atoms with E-state index in [9.17, 15) is 13.2 Å². The number of aliphatic imine (C=N–C) groups is 2. The summed E-state index contributed by atoms with van der Waals surface area (Å²) in [4.78, 5) is 9.20. The van der Waals surface area contributed by atoms with Crippen molar-refractivity contribution in [2.45, 2.75) is 92.7 Å². The van der Waals surface area contributed by atoms with Crippen molar-refractivity contribution in [2.75, 3.05) is 5.32 Å². The largest absolute Gasteiger partial charge is 0.416 e. The van der Waals surface area contributed by atoms with Gasteiger partial charge >= 0.3 is 6.18 Å². The Bertz CT molecular complexity index is 1430. The Morgan fingerprint density at radius 3 is 2.42 bits per heavy atom. The summed E-state index contributed by atoms with van der Waals surface area (Å²) < 4.78 is 40.1. The molecule has 2 aromatic rings. The second kappa shape index (κ2) is 16.1. The zero-order chi connectivity index (χ0) is 31.4. The van der Waals surface area contributed by atoms with Gasteiger partial charge in [-0.05, 0) is 119 Å². The van der Waals surface area contributed by atoms with E-state index in [-0.39, 0.29) is 0 Å². The lowest BCUT2D eigenvalue weighted by molar-refractivity contribution is -0.137. The predicted molar refractivity (Wildman–Crippen MR) is 176 cm³/mol. The highest BCUT2D eigenvalue weighted by atomic mass is 19.4. The molecular formula is C36H45F3N4. The number of hydrogen-bond donors (Lipinski definition) is 2. The average Bonchev–Trinajstić information content (AvgIpc) is 3.82. The lowest BCUT2D eigenvalue weighted by Gasteiger charge is -2.16. The maximum Gasteiger partial charge on any atom is 0.416 e. The van der Waals surface area contributed by atoms with Crippen molar-refractivity contribution in [3.05, 3.63) is 106 Å². The van der Waals surface area contributed by atoms with Crippen molar-refractivity contribution in [1.82, 2.24) is 5.32 Å². The van der Waals surface area contributed by atoms with Crippen LogP contribution in [0.4, 0.5) is 18.9 Å². The fourth-order valence-electron chi connectivity index (χ4n) is 4.56. The smallest absolute Gasteiger partial charge is 0.355 e. The molecule has 0 amide bonds. The van der Waals surface area contributed by atoms with Gasteiger partial charge in [0.1, 0.15) is 11.7 Å². The summed E-state index contributed by atoms with van der Waals surface area (Å²) in [7, 11) is 0. The van der Waals surface area contributed by atoms with E-state index in [0.717, 1.165) is 79.6 Å². The second-order valence-electron chi connectivity index (χ2n) is 11.0. The van der Waals surface area contributed by atoms with E-state index in [1.54, 1.807) is 12.3 Å². The lowest BCUT2D eigenvalue weighted by atomic mass is 9.98. The molecule has 3 rings (SSSR count). The fraction of sp³-hybridized carbons (Fsp3) is 0.389. The van der Waals surface area contributed by atoms with Gasteiger partial charge in [-0.3, -0.25) is 0 Å². The molecule has 2 N–H and O–H groups in total. The van der Waals surface area contributed by atoms with Gasteiger partial charge in [0.25, 0.3) is 0 Å². The highest BCUT2D eigenvalue weighted by molar-refractivity contribution is 6.06. The monoisotopic (exact) mass is 590 g/mol. The molecule has 0 heterocycles. The number of nitrogens with one attached hydrogen (secondary N) is 2. The zero-order valence-electron chi connectivity index (χ0n) is 26.3. The molecule has 1 aliphatic carbocycles. The number of benzene rings is 2. The first-order valence-electron chi connectivity index (χ1n) is 15.2. The van der Waals surface area contributed by atoms with Crippen LogP contribution in [0.15, 0.2) is 93.7 Å². The normalized spacial score (nSPS) is 14.9. The highest BCUT2D eigenvalue weighted by Gasteiger charge is 2.31. The molecule has 0 saturated heterocycles. The number of amidine groups is 2. The van der Waals surface area contributed by atoms with Gasteiger partial charge in [-0.2, -0.15) is 13.2 Å². The number of hydrogen-bond acceptors (Lipinski definition) is 3. The van der Waals surface area contributed by atoms with Crippen molar-refractivity contribution in [3.63, 3.8) is 0 Å². The van der Waals surface area contributed by atoms with Crippen molar-refractivity contribution >= 4 is 23.1 Å². The Kier molecular flexibility index (Phi) is 12.6. The second-order valence-corrected chi connectivity index (χ2v) is 11.0. The van der Waals surface area contributed by atoms with Gasteiger partial charge in [-0.1, -0.05) is 55.7 Å². The molecule has 0 spiro atoms. The molecule has 2 aromatic carbocycles. The van der Waals surface area contributed by atoms with Gasteiger partial charge in [0.15, 0.2) is 0 Å². The van der Waals surface area contributed by atoms with Gasteiger partial charge in [0, 0.05) is 23.8 Å². The molecule has 0 unspecified atom stereocenters. The summed E-state index contributed by atoms with van der Waals surface area (Å²) in [6, 6.07) is 11.8. The van der Waals surface area contributed by atoms with Crippen LogP contribution in [0.2, 0.25) is 0 Å².